The average molecular weight is 495 g/mol. The van der Waals surface area contributed by atoms with Crippen LogP contribution in [0.5, 0.6) is 0 Å². The maximum Gasteiger partial charge on any atom is 0.336 e. The van der Waals surface area contributed by atoms with Crippen LogP contribution in [0, 0.1) is 0 Å². The molecule has 4 rings (SSSR count). The molecule has 2 aromatic rings. The van der Waals surface area contributed by atoms with Crippen molar-refractivity contribution in [3.63, 3.8) is 0 Å². The van der Waals surface area contributed by atoms with E-state index in [1.165, 1.54) is 0 Å². The van der Waals surface area contributed by atoms with Crippen LogP contribution in [0.25, 0.3) is 0 Å². The summed E-state index contributed by atoms with van der Waals surface area (Å²) >= 11 is 6.44. The Hall–Kier alpha value is -3.12. The van der Waals surface area contributed by atoms with E-state index in [2.05, 4.69) is 0 Å². The van der Waals surface area contributed by atoms with Gasteiger partial charge in [0.1, 0.15) is 0 Å². The van der Waals surface area contributed by atoms with Crippen molar-refractivity contribution >= 4 is 29.4 Å². The number of likely N-dealkylation sites (tertiary alicyclic amines) is 1. The quantitative estimate of drug-likeness (QED) is 0.510. The minimum absolute atomic E-state index is 0.0229. The van der Waals surface area contributed by atoms with Gasteiger partial charge in [-0.1, -0.05) is 41.9 Å². The molecule has 7 heteroatoms. The average Bonchev–Trinajstić information content (AvgIpc) is 2.87. The third kappa shape index (κ3) is 5.43. The first kappa shape index (κ1) is 25.0. The molecule has 0 bridgehead atoms. The molecule has 1 fully saturated rings. The normalized spacial score (nSPS) is 18.6. The van der Waals surface area contributed by atoms with Crippen molar-refractivity contribution in [3.8, 4) is 0 Å². The van der Waals surface area contributed by atoms with E-state index in [-0.39, 0.29) is 31.4 Å². The van der Waals surface area contributed by atoms with Gasteiger partial charge in [-0.15, -0.1) is 0 Å². The summed E-state index contributed by atoms with van der Waals surface area (Å²) in [5.74, 6) is -0.997. The molecule has 0 N–H and O–H groups in total. The Kier molecular flexibility index (Phi) is 7.91. The summed E-state index contributed by atoms with van der Waals surface area (Å²) < 4.78 is 5.37. The second-order valence-electron chi connectivity index (χ2n) is 9.03. The van der Waals surface area contributed by atoms with Gasteiger partial charge in [-0.2, -0.15) is 0 Å². The number of esters is 1. The number of carbonyl (C=O) groups excluding carboxylic acids is 3. The topological polar surface area (TPSA) is 66.9 Å². The third-order valence-corrected chi connectivity index (χ3v) is 7.10. The number of hydrogen-bond acceptors (Lipinski definition) is 4. The summed E-state index contributed by atoms with van der Waals surface area (Å²) in [6.07, 6.45) is 3.33. The summed E-state index contributed by atoms with van der Waals surface area (Å²) in [6, 6.07) is 14.7. The summed E-state index contributed by atoms with van der Waals surface area (Å²) in [6.45, 7) is 5.60. The zero-order chi connectivity index (χ0) is 24.9. The zero-order valence-electron chi connectivity index (χ0n) is 20.3. The fourth-order valence-electron chi connectivity index (χ4n) is 4.97. The van der Waals surface area contributed by atoms with Crippen LogP contribution in [0.2, 0.25) is 5.02 Å². The third-order valence-electron chi connectivity index (χ3n) is 6.76. The lowest BCUT2D eigenvalue weighted by atomic mass is 9.83. The first-order chi connectivity index (χ1) is 16.9. The molecule has 6 nitrogen and oxygen atoms in total. The molecule has 1 saturated heterocycles. The Morgan fingerprint density at radius 1 is 1.06 bits per heavy atom. The lowest BCUT2D eigenvalue weighted by Crippen LogP contribution is -2.38. The summed E-state index contributed by atoms with van der Waals surface area (Å²) in [5, 5.41) is 0.511. The molecule has 0 radical (unpaired) electrons. The molecule has 0 saturated carbocycles. The Morgan fingerprint density at radius 3 is 2.51 bits per heavy atom. The Bertz CT molecular complexity index is 1150. The monoisotopic (exact) mass is 494 g/mol. The molecule has 1 unspecified atom stereocenters. The van der Waals surface area contributed by atoms with Crippen LogP contribution in [0.4, 0.5) is 0 Å². The summed E-state index contributed by atoms with van der Waals surface area (Å²) in [5.41, 5.74) is 3.19. The lowest BCUT2D eigenvalue weighted by Gasteiger charge is -2.35. The largest absolute Gasteiger partial charge is 0.463 e. The molecule has 35 heavy (non-hydrogen) atoms. The number of nitrogens with zero attached hydrogens (tertiary/aromatic N) is 2. The summed E-state index contributed by atoms with van der Waals surface area (Å²) in [4.78, 5) is 42.8. The molecule has 1 atom stereocenters. The van der Waals surface area contributed by atoms with Crippen LogP contribution in [-0.4, -0.2) is 47.3 Å². The predicted octanol–water partition coefficient (Wildman–Crippen LogP) is 5.32. The standard InChI is InChI=1S/C28H31ClN2O4/c1-3-35-28(34)26-19(2)31(25(32)17-23(26)22-12-5-6-13-24(22)29)18-20-10-9-11-21(16-20)27(33)30-14-7-4-8-15-30/h5-6,9-13,16,23H,3-4,7-8,14-15,17-18H2,1-2H3. The first-order valence-electron chi connectivity index (χ1n) is 12.2. The van der Waals surface area contributed by atoms with Crippen LogP contribution < -0.4 is 0 Å². The SMILES string of the molecule is CCOC(=O)C1=C(C)N(Cc2cccc(C(=O)N3CCCCC3)c2)C(=O)CC1c1ccccc1Cl. The first-order valence-corrected chi connectivity index (χ1v) is 12.6. The molecule has 2 amide bonds. The number of halogens is 1. The molecule has 0 aliphatic carbocycles. The molecule has 184 valence electrons. The van der Waals surface area contributed by atoms with Gasteiger partial charge in [0.2, 0.25) is 5.91 Å². The molecule has 2 aliphatic rings. The smallest absolute Gasteiger partial charge is 0.336 e. The van der Waals surface area contributed by atoms with Crippen molar-refractivity contribution in [3.05, 3.63) is 81.5 Å². The fourth-order valence-corrected chi connectivity index (χ4v) is 5.23. The fraction of sp³-hybridized carbons (Fsp3) is 0.393. The highest BCUT2D eigenvalue weighted by molar-refractivity contribution is 6.31. The molecular weight excluding hydrogens is 464 g/mol. The molecule has 0 spiro atoms. The van der Waals surface area contributed by atoms with E-state index in [0.29, 0.717) is 21.9 Å². The van der Waals surface area contributed by atoms with Crippen molar-refractivity contribution in [1.29, 1.82) is 0 Å². The second-order valence-corrected chi connectivity index (χ2v) is 9.44. The number of benzene rings is 2. The van der Waals surface area contributed by atoms with Gasteiger partial charge >= 0.3 is 5.97 Å². The molecule has 2 aliphatic heterocycles. The van der Waals surface area contributed by atoms with Crippen LogP contribution >= 0.6 is 11.6 Å². The maximum absolute atomic E-state index is 13.3. The number of ether oxygens (including phenoxy) is 1. The highest BCUT2D eigenvalue weighted by Crippen LogP contribution is 2.40. The number of rotatable bonds is 6. The second kappa shape index (κ2) is 11.1. The van der Waals surface area contributed by atoms with Crippen LogP contribution in [0.3, 0.4) is 0 Å². The maximum atomic E-state index is 13.3. The number of hydrogen-bond donors (Lipinski definition) is 0. The van der Waals surface area contributed by atoms with E-state index in [1.54, 1.807) is 24.8 Å². The van der Waals surface area contributed by atoms with Gasteiger partial charge in [0.05, 0.1) is 18.7 Å². The van der Waals surface area contributed by atoms with Gasteiger partial charge < -0.3 is 14.5 Å². The molecule has 0 aromatic heterocycles. The number of carbonyl (C=O) groups is 3. The van der Waals surface area contributed by atoms with Crippen molar-refractivity contribution in [2.75, 3.05) is 19.7 Å². The minimum atomic E-state index is -0.474. The van der Waals surface area contributed by atoms with Gasteiger partial charge in [-0.3, -0.25) is 9.59 Å². The zero-order valence-corrected chi connectivity index (χ0v) is 21.0. The van der Waals surface area contributed by atoms with Gasteiger partial charge in [0.15, 0.2) is 0 Å². The van der Waals surface area contributed by atoms with E-state index < -0.39 is 11.9 Å². The highest BCUT2D eigenvalue weighted by atomic mass is 35.5. The van der Waals surface area contributed by atoms with E-state index in [0.717, 1.165) is 43.5 Å². The van der Waals surface area contributed by atoms with Gasteiger partial charge in [0.25, 0.3) is 5.91 Å². The van der Waals surface area contributed by atoms with Gasteiger partial charge in [-0.25, -0.2) is 4.79 Å². The highest BCUT2D eigenvalue weighted by Gasteiger charge is 2.37. The van der Waals surface area contributed by atoms with E-state index in [4.69, 9.17) is 16.3 Å². The lowest BCUT2D eigenvalue weighted by molar-refractivity contribution is -0.140. The summed E-state index contributed by atoms with van der Waals surface area (Å²) in [7, 11) is 0. The molecule has 2 heterocycles. The Balaban J connectivity index is 1.65. The minimum Gasteiger partial charge on any atom is -0.463 e. The van der Waals surface area contributed by atoms with Crippen molar-refractivity contribution in [2.45, 2.75) is 52.0 Å². The van der Waals surface area contributed by atoms with E-state index >= 15 is 0 Å². The number of allylic oxidation sites excluding steroid dienone is 1. The Morgan fingerprint density at radius 2 is 1.80 bits per heavy atom. The van der Waals surface area contributed by atoms with Crippen LogP contribution in [-0.2, 0) is 20.9 Å². The van der Waals surface area contributed by atoms with Crippen molar-refractivity contribution in [1.82, 2.24) is 9.80 Å². The van der Waals surface area contributed by atoms with E-state index in [9.17, 15) is 14.4 Å². The number of amides is 2. The van der Waals surface area contributed by atoms with E-state index in [1.807, 2.05) is 47.4 Å². The molecule has 2 aromatic carbocycles. The Labute approximate surface area is 211 Å². The van der Waals surface area contributed by atoms with Crippen molar-refractivity contribution < 1.29 is 19.1 Å². The van der Waals surface area contributed by atoms with Gasteiger partial charge in [-0.05, 0) is 62.4 Å². The van der Waals surface area contributed by atoms with Crippen molar-refractivity contribution in [2.24, 2.45) is 0 Å². The molecular formula is C28H31ClN2O4. The number of piperidine rings is 1. The van der Waals surface area contributed by atoms with Crippen LogP contribution in [0.15, 0.2) is 59.8 Å². The van der Waals surface area contributed by atoms with Gasteiger partial charge in [0, 0.05) is 41.7 Å². The van der Waals surface area contributed by atoms with Crippen LogP contribution in [0.1, 0.15) is 66.9 Å². The predicted molar refractivity (Wildman–Crippen MR) is 135 cm³/mol.